The van der Waals surface area contributed by atoms with E-state index >= 15 is 0 Å². The molecule has 3 nitrogen and oxygen atoms in total. The van der Waals surface area contributed by atoms with Crippen molar-refractivity contribution in [2.45, 2.75) is 13.3 Å². The Morgan fingerprint density at radius 2 is 2.31 bits per heavy atom. The summed E-state index contributed by atoms with van der Waals surface area (Å²) in [5.41, 5.74) is 0. The maximum absolute atomic E-state index is 10.8. The van der Waals surface area contributed by atoms with E-state index in [9.17, 15) is 8.42 Å². The third kappa shape index (κ3) is 4.40. The zero-order chi connectivity index (χ0) is 9.90. The van der Waals surface area contributed by atoms with Crippen molar-refractivity contribution in [3.63, 3.8) is 0 Å². The fourth-order valence-electron chi connectivity index (χ4n) is 1.23. The van der Waals surface area contributed by atoms with Gasteiger partial charge in [0.2, 0.25) is 10.0 Å². The number of hydrogen-bond donors (Lipinski definition) is 1. The quantitative estimate of drug-likeness (QED) is 0.827. The molecule has 5 heteroatoms. The molecule has 0 aromatic carbocycles. The Hall–Kier alpha value is -0.390. The Balaban J connectivity index is 2.47. The van der Waals surface area contributed by atoms with E-state index in [0.29, 0.717) is 0 Å². The molecule has 1 aromatic heterocycles. The summed E-state index contributed by atoms with van der Waals surface area (Å²) < 4.78 is 21.5. The van der Waals surface area contributed by atoms with Crippen LogP contribution in [0, 0.1) is 5.92 Å². The lowest BCUT2D eigenvalue weighted by Crippen LogP contribution is -2.22. The van der Waals surface area contributed by atoms with Crippen LogP contribution in [0.15, 0.2) is 17.5 Å². The van der Waals surface area contributed by atoms with Gasteiger partial charge in [0.1, 0.15) is 0 Å². The van der Waals surface area contributed by atoms with Crippen LogP contribution in [0.4, 0.5) is 0 Å². The summed E-state index contributed by atoms with van der Waals surface area (Å²) in [7, 11) is -3.32. The number of rotatable bonds is 4. The molecule has 0 amide bonds. The molecule has 1 aromatic rings. The smallest absolute Gasteiger partial charge is 0.209 e. The molecular formula is C8H13NO2S2. The standard InChI is InChI=1S/C8H13NO2S2/c1-7(6-13(9,10)11)5-8-3-2-4-12-8/h2-4,7H,5-6H2,1H3,(H2,9,10,11). The molecule has 74 valence electrons. The molecule has 13 heavy (non-hydrogen) atoms. The number of hydrogen-bond acceptors (Lipinski definition) is 3. The minimum atomic E-state index is -3.32. The third-order valence-electron chi connectivity index (χ3n) is 1.65. The van der Waals surface area contributed by atoms with Gasteiger partial charge in [-0.25, -0.2) is 13.6 Å². The SMILES string of the molecule is CC(Cc1cccs1)CS(N)(=O)=O. The molecule has 0 aliphatic rings. The minimum Gasteiger partial charge on any atom is -0.229 e. The van der Waals surface area contributed by atoms with E-state index in [1.165, 1.54) is 4.88 Å². The number of nitrogens with two attached hydrogens (primary N) is 1. The van der Waals surface area contributed by atoms with Crippen molar-refractivity contribution in [1.29, 1.82) is 0 Å². The van der Waals surface area contributed by atoms with E-state index in [4.69, 9.17) is 5.14 Å². The first kappa shape index (κ1) is 10.7. The van der Waals surface area contributed by atoms with Gasteiger partial charge in [-0.15, -0.1) is 11.3 Å². The summed E-state index contributed by atoms with van der Waals surface area (Å²) in [6.45, 7) is 1.89. The molecule has 0 aliphatic carbocycles. The highest BCUT2D eigenvalue weighted by atomic mass is 32.2. The third-order valence-corrected chi connectivity index (χ3v) is 3.58. The van der Waals surface area contributed by atoms with Crippen LogP contribution in [-0.2, 0) is 16.4 Å². The van der Waals surface area contributed by atoms with Gasteiger partial charge in [0, 0.05) is 4.88 Å². The van der Waals surface area contributed by atoms with Crippen molar-refractivity contribution in [2.24, 2.45) is 11.1 Å². The highest BCUT2D eigenvalue weighted by molar-refractivity contribution is 7.89. The second-order valence-corrected chi connectivity index (χ2v) is 5.91. The molecule has 1 heterocycles. The first-order chi connectivity index (χ1) is 5.97. The summed E-state index contributed by atoms with van der Waals surface area (Å²) >= 11 is 1.64. The Bertz CT molecular complexity index is 342. The van der Waals surface area contributed by atoms with E-state index in [0.717, 1.165) is 6.42 Å². The van der Waals surface area contributed by atoms with E-state index in [-0.39, 0.29) is 11.7 Å². The van der Waals surface area contributed by atoms with Crippen molar-refractivity contribution in [1.82, 2.24) is 0 Å². The molecule has 1 rings (SSSR count). The summed E-state index contributed by atoms with van der Waals surface area (Å²) in [5, 5.41) is 6.93. The van der Waals surface area contributed by atoms with Crippen molar-refractivity contribution in [3.05, 3.63) is 22.4 Å². The average Bonchev–Trinajstić information content (AvgIpc) is 2.34. The average molecular weight is 219 g/mol. The Morgan fingerprint density at radius 1 is 1.62 bits per heavy atom. The van der Waals surface area contributed by atoms with Crippen LogP contribution in [-0.4, -0.2) is 14.2 Å². The Kier molecular flexibility index (Phi) is 3.47. The van der Waals surface area contributed by atoms with Crippen molar-refractivity contribution in [2.75, 3.05) is 5.75 Å². The lowest BCUT2D eigenvalue weighted by Gasteiger charge is -2.07. The summed E-state index contributed by atoms with van der Waals surface area (Å²) in [6, 6.07) is 3.97. The Morgan fingerprint density at radius 3 is 2.77 bits per heavy atom. The molecular weight excluding hydrogens is 206 g/mol. The molecule has 0 saturated carbocycles. The monoisotopic (exact) mass is 219 g/mol. The summed E-state index contributed by atoms with van der Waals surface area (Å²) in [6.07, 6.45) is 0.786. The summed E-state index contributed by atoms with van der Waals surface area (Å²) in [5.74, 6) is 0.152. The normalized spacial score (nSPS) is 14.3. The molecule has 0 radical (unpaired) electrons. The van der Waals surface area contributed by atoms with Crippen LogP contribution in [0.2, 0.25) is 0 Å². The van der Waals surface area contributed by atoms with Gasteiger partial charge in [-0.2, -0.15) is 0 Å². The van der Waals surface area contributed by atoms with Gasteiger partial charge in [-0.3, -0.25) is 0 Å². The fraction of sp³-hybridized carbons (Fsp3) is 0.500. The zero-order valence-corrected chi connectivity index (χ0v) is 9.07. The summed E-state index contributed by atoms with van der Waals surface area (Å²) in [4.78, 5) is 1.20. The van der Waals surface area contributed by atoms with Crippen LogP contribution < -0.4 is 5.14 Å². The topological polar surface area (TPSA) is 60.2 Å². The number of primary sulfonamides is 1. The maximum Gasteiger partial charge on any atom is 0.209 e. The zero-order valence-electron chi connectivity index (χ0n) is 7.43. The second kappa shape index (κ2) is 4.21. The van der Waals surface area contributed by atoms with Crippen molar-refractivity contribution >= 4 is 21.4 Å². The van der Waals surface area contributed by atoms with Crippen LogP contribution in [0.1, 0.15) is 11.8 Å². The van der Waals surface area contributed by atoms with Gasteiger partial charge in [0.25, 0.3) is 0 Å². The molecule has 0 saturated heterocycles. The maximum atomic E-state index is 10.8. The van der Waals surface area contributed by atoms with E-state index in [2.05, 4.69) is 0 Å². The molecule has 0 fully saturated rings. The van der Waals surface area contributed by atoms with Crippen molar-refractivity contribution in [3.8, 4) is 0 Å². The number of thiophene rings is 1. The van der Waals surface area contributed by atoms with E-state index in [1.807, 2.05) is 24.4 Å². The minimum absolute atomic E-state index is 0.0604. The second-order valence-electron chi connectivity index (χ2n) is 3.22. The molecule has 0 bridgehead atoms. The Labute approximate surface area is 82.6 Å². The molecule has 1 atom stereocenters. The predicted molar refractivity (Wildman–Crippen MR) is 55.2 cm³/mol. The molecule has 0 spiro atoms. The lowest BCUT2D eigenvalue weighted by atomic mass is 10.1. The fourth-order valence-corrected chi connectivity index (χ4v) is 3.01. The van der Waals surface area contributed by atoms with Crippen molar-refractivity contribution < 1.29 is 8.42 Å². The van der Waals surface area contributed by atoms with E-state index < -0.39 is 10.0 Å². The highest BCUT2D eigenvalue weighted by Gasteiger charge is 2.11. The first-order valence-electron chi connectivity index (χ1n) is 4.00. The van der Waals surface area contributed by atoms with Gasteiger partial charge in [-0.1, -0.05) is 13.0 Å². The number of sulfonamides is 1. The van der Waals surface area contributed by atoms with Gasteiger partial charge in [0.15, 0.2) is 0 Å². The lowest BCUT2D eigenvalue weighted by molar-refractivity contribution is 0.573. The van der Waals surface area contributed by atoms with Gasteiger partial charge < -0.3 is 0 Å². The molecule has 2 N–H and O–H groups in total. The highest BCUT2D eigenvalue weighted by Crippen LogP contribution is 2.14. The van der Waals surface area contributed by atoms with Crippen LogP contribution >= 0.6 is 11.3 Å². The largest absolute Gasteiger partial charge is 0.229 e. The first-order valence-corrected chi connectivity index (χ1v) is 6.60. The van der Waals surface area contributed by atoms with E-state index in [1.54, 1.807) is 11.3 Å². The molecule has 1 unspecified atom stereocenters. The van der Waals surface area contributed by atoms with Gasteiger partial charge >= 0.3 is 0 Å². The van der Waals surface area contributed by atoms with Crippen LogP contribution in [0.25, 0.3) is 0 Å². The van der Waals surface area contributed by atoms with Crippen LogP contribution in [0.3, 0.4) is 0 Å². The van der Waals surface area contributed by atoms with Crippen LogP contribution in [0.5, 0.6) is 0 Å². The molecule has 0 aliphatic heterocycles. The predicted octanol–water partition coefficient (Wildman–Crippen LogP) is 1.22. The van der Waals surface area contributed by atoms with Gasteiger partial charge in [0.05, 0.1) is 5.75 Å². The van der Waals surface area contributed by atoms with Gasteiger partial charge in [-0.05, 0) is 23.8 Å².